The van der Waals surface area contributed by atoms with Gasteiger partial charge in [0.2, 0.25) is 10.0 Å². The van der Waals surface area contributed by atoms with Crippen molar-refractivity contribution in [3.8, 4) is 0 Å². The summed E-state index contributed by atoms with van der Waals surface area (Å²) in [5.41, 5.74) is 6.16. The minimum Gasteiger partial charge on any atom is -0.398 e. The molecule has 1 aliphatic carbocycles. The Bertz CT molecular complexity index is 635. The number of amides is 1. The van der Waals surface area contributed by atoms with Gasteiger partial charge >= 0.3 is 0 Å². The van der Waals surface area contributed by atoms with Crippen molar-refractivity contribution in [2.24, 2.45) is 11.1 Å². The Morgan fingerprint density at radius 2 is 1.86 bits per heavy atom. The number of rotatable bonds is 3. The number of carbonyl (C=O) groups excluding carboxylic acids is 1. The highest BCUT2D eigenvalue weighted by atomic mass is 32.2. The maximum absolute atomic E-state index is 12.2. The van der Waals surface area contributed by atoms with Gasteiger partial charge in [0.15, 0.2) is 0 Å². The summed E-state index contributed by atoms with van der Waals surface area (Å²) in [7, 11) is -3.81. The standard InChI is InChI=1S/C14H21N3O3S/c1-9-2-4-10(5-3-9)17-14(18)12-7-6-11(8-13(12)15)21(16,19)20/h6-10H,2-5,15H2,1H3,(H,17,18)(H2,16,19,20). The Labute approximate surface area is 124 Å². The van der Waals surface area contributed by atoms with Gasteiger partial charge in [0.1, 0.15) is 0 Å². The molecule has 1 aromatic rings. The predicted octanol–water partition coefficient (Wildman–Crippen LogP) is 1.22. The van der Waals surface area contributed by atoms with E-state index in [0.29, 0.717) is 5.92 Å². The first kappa shape index (κ1) is 15.8. The van der Waals surface area contributed by atoms with E-state index >= 15 is 0 Å². The Balaban J connectivity index is 2.09. The molecule has 6 nitrogen and oxygen atoms in total. The molecule has 0 radical (unpaired) electrons. The lowest BCUT2D eigenvalue weighted by atomic mass is 9.87. The van der Waals surface area contributed by atoms with Gasteiger partial charge in [0.25, 0.3) is 5.91 Å². The molecule has 7 heteroatoms. The molecule has 0 atom stereocenters. The van der Waals surface area contributed by atoms with Crippen LogP contribution in [0.25, 0.3) is 0 Å². The Morgan fingerprint density at radius 1 is 1.24 bits per heavy atom. The largest absolute Gasteiger partial charge is 0.398 e. The van der Waals surface area contributed by atoms with Crippen LogP contribution in [0.4, 0.5) is 5.69 Å². The Morgan fingerprint density at radius 3 is 2.38 bits per heavy atom. The van der Waals surface area contributed by atoms with E-state index in [-0.39, 0.29) is 28.1 Å². The summed E-state index contributed by atoms with van der Waals surface area (Å²) in [6, 6.07) is 4.07. The quantitative estimate of drug-likeness (QED) is 0.728. The summed E-state index contributed by atoms with van der Waals surface area (Å²) >= 11 is 0. The minimum atomic E-state index is -3.81. The van der Waals surface area contributed by atoms with Crippen LogP contribution in [0.15, 0.2) is 23.1 Å². The minimum absolute atomic E-state index is 0.0944. The SMILES string of the molecule is CC1CCC(NC(=O)c2ccc(S(N)(=O)=O)cc2N)CC1. The molecule has 0 spiro atoms. The third kappa shape index (κ3) is 3.95. The first-order valence-electron chi connectivity index (χ1n) is 7.00. The lowest BCUT2D eigenvalue weighted by Crippen LogP contribution is -2.37. The van der Waals surface area contributed by atoms with Crippen molar-refractivity contribution in [3.63, 3.8) is 0 Å². The second kappa shape index (κ2) is 6.03. The fourth-order valence-corrected chi connectivity index (χ4v) is 3.14. The molecule has 1 fully saturated rings. The van der Waals surface area contributed by atoms with E-state index < -0.39 is 10.0 Å². The maximum atomic E-state index is 12.2. The van der Waals surface area contributed by atoms with Crippen LogP contribution in [0.3, 0.4) is 0 Å². The van der Waals surface area contributed by atoms with E-state index in [0.717, 1.165) is 25.7 Å². The number of nitrogens with two attached hydrogens (primary N) is 2. The summed E-state index contributed by atoms with van der Waals surface area (Å²) in [4.78, 5) is 12.1. The van der Waals surface area contributed by atoms with Crippen LogP contribution < -0.4 is 16.2 Å². The maximum Gasteiger partial charge on any atom is 0.253 e. The van der Waals surface area contributed by atoms with Gasteiger partial charge in [-0.2, -0.15) is 0 Å². The van der Waals surface area contributed by atoms with Crippen LogP contribution in [0, 0.1) is 5.92 Å². The van der Waals surface area contributed by atoms with Crippen LogP contribution in [0.5, 0.6) is 0 Å². The van der Waals surface area contributed by atoms with Crippen molar-refractivity contribution < 1.29 is 13.2 Å². The molecule has 0 aliphatic heterocycles. The molecule has 0 aromatic heterocycles. The van der Waals surface area contributed by atoms with Gasteiger partial charge in [0, 0.05) is 11.7 Å². The fourth-order valence-electron chi connectivity index (χ4n) is 2.59. The Kier molecular flexibility index (Phi) is 4.53. The molecular formula is C14H21N3O3S. The summed E-state index contributed by atoms with van der Waals surface area (Å²) in [6.45, 7) is 2.21. The van der Waals surface area contributed by atoms with E-state index in [1.165, 1.54) is 18.2 Å². The first-order valence-corrected chi connectivity index (χ1v) is 8.55. The first-order chi connectivity index (χ1) is 9.77. The molecule has 1 saturated carbocycles. The number of sulfonamides is 1. The van der Waals surface area contributed by atoms with Gasteiger partial charge in [-0.15, -0.1) is 0 Å². The topological polar surface area (TPSA) is 115 Å². The summed E-state index contributed by atoms with van der Waals surface area (Å²) in [5, 5.41) is 7.99. The molecule has 1 aromatic carbocycles. The summed E-state index contributed by atoms with van der Waals surface area (Å²) in [6.07, 6.45) is 4.12. The lowest BCUT2D eigenvalue weighted by molar-refractivity contribution is 0.0924. The van der Waals surface area contributed by atoms with Crippen molar-refractivity contribution in [3.05, 3.63) is 23.8 Å². The number of carbonyl (C=O) groups is 1. The van der Waals surface area contributed by atoms with Gasteiger partial charge in [0.05, 0.1) is 10.5 Å². The number of nitrogens with one attached hydrogen (secondary N) is 1. The third-order valence-electron chi connectivity index (χ3n) is 3.95. The zero-order valence-electron chi connectivity index (χ0n) is 12.0. The summed E-state index contributed by atoms with van der Waals surface area (Å²) < 4.78 is 22.5. The number of nitrogen functional groups attached to an aromatic ring is 1. The highest BCUT2D eigenvalue weighted by Crippen LogP contribution is 2.24. The van der Waals surface area contributed by atoms with Crippen LogP contribution in [-0.4, -0.2) is 20.4 Å². The monoisotopic (exact) mass is 311 g/mol. The van der Waals surface area contributed by atoms with Gasteiger partial charge in [-0.25, -0.2) is 13.6 Å². The Hall–Kier alpha value is -1.60. The number of primary sulfonamides is 1. The summed E-state index contributed by atoms with van der Waals surface area (Å²) in [5.74, 6) is 0.435. The van der Waals surface area contributed by atoms with Crippen molar-refractivity contribution in [2.75, 3.05) is 5.73 Å². The normalized spacial score (nSPS) is 22.8. The highest BCUT2D eigenvalue weighted by molar-refractivity contribution is 7.89. The van der Waals surface area contributed by atoms with Crippen molar-refractivity contribution >= 4 is 21.6 Å². The smallest absolute Gasteiger partial charge is 0.253 e. The molecule has 0 saturated heterocycles. The number of hydrogen-bond donors (Lipinski definition) is 3. The zero-order chi connectivity index (χ0) is 15.6. The van der Waals surface area contributed by atoms with E-state index in [9.17, 15) is 13.2 Å². The van der Waals surface area contributed by atoms with Crippen molar-refractivity contribution in [1.29, 1.82) is 0 Å². The molecule has 1 amide bonds. The molecule has 0 unspecified atom stereocenters. The molecule has 0 heterocycles. The number of anilines is 1. The molecule has 21 heavy (non-hydrogen) atoms. The highest BCUT2D eigenvalue weighted by Gasteiger charge is 2.21. The van der Waals surface area contributed by atoms with Crippen LogP contribution >= 0.6 is 0 Å². The average Bonchev–Trinajstić information content (AvgIpc) is 2.40. The molecule has 5 N–H and O–H groups in total. The van der Waals surface area contributed by atoms with Gasteiger partial charge in [-0.05, 0) is 49.8 Å². The van der Waals surface area contributed by atoms with Gasteiger partial charge < -0.3 is 11.1 Å². The van der Waals surface area contributed by atoms with Crippen LogP contribution in [-0.2, 0) is 10.0 Å². The number of hydrogen-bond acceptors (Lipinski definition) is 4. The van der Waals surface area contributed by atoms with Gasteiger partial charge in [-0.3, -0.25) is 4.79 Å². The number of benzene rings is 1. The molecule has 1 aliphatic rings. The third-order valence-corrected chi connectivity index (χ3v) is 4.86. The van der Waals surface area contributed by atoms with E-state index in [4.69, 9.17) is 10.9 Å². The average molecular weight is 311 g/mol. The second-order valence-corrected chi connectivity index (χ2v) is 7.29. The molecule has 0 bridgehead atoms. The second-order valence-electron chi connectivity index (χ2n) is 5.72. The molecular weight excluding hydrogens is 290 g/mol. The van der Waals surface area contributed by atoms with Crippen LogP contribution in [0.1, 0.15) is 43.0 Å². The van der Waals surface area contributed by atoms with Crippen molar-refractivity contribution in [1.82, 2.24) is 5.32 Å². The lowest BCUT2D eigenvalue weighted by Gasteiger charge is -2.27. The van der Waals surface area contributed by atoms with Crippen LogP contribution in [0.2, 0.25) is 0 Å². The fraction of sp³-hybridized carbons (Fsp3) is 0.500. The van der Waals surface area contributed by atoms with Crippen molar-refractivity contribution in [2.45, 2.75) is 43.5 Å². The van der Waals surface area contributed by atoms with E-state index in [1.54, 1.807) is 0 Å². The molecule has 2 rings (SSSR count). The van der Waals surface area contributed by atoms with E-state index in [1.807, 2.05) is 0 Å². The molecule has 116 valence electrons. The zero-order valence-corrected chi connectivity index (χ0v) is 12.8. The predicted molar refractivity (Wildman–Crippen MR) is 81.1 cm³/mol. The van der Waals surface area contributed by atoms with E-state index in [2.05, 4.69) is 12.2 Å². The van der Waals surface area contributed by atoms with Gasteiger partial charge in [-0.1, -0.05) is 6.92 Å².